The summed E-state index contributed by atoms with van der Waals surface area (Å²) < 4.78 is 14.7. The van der Waals surface area contributed by atoms with Gasteiger partial charge in [-0.05, 0) is 6.92 Å². The second kappa shape index (κ2) is 4.74. The van der Waals surface area contributed by atoms with Crippen molar-refractivity contribution >= 4 is 5.97 Å². The maximum Gasteiger partial charge on any atom is 0.342 e. The molecule has 0 aliphatic carbocycles. The van der Waals surface area contributed by atoms with Gasteiger partial charge in [0.15, 0.2) is 11.5 Å². The summed E-state index contributed by atoms with van der Waals surface area (Å²) in [4.78, 5) is 11.4. The largest absolute Gasteiger partial charge is 0.507 e. The normalized spacial score (nSPS) is 9.75. The Morgan fingerprint density at radius 3 is 2.31 bits per heavy atom. The predicted molar refractivity (Wildman–Crippen MR) is 57.3 cm³/mol. The van der Waals surface area contributed by atoms with E-state index in [-0.39, 0.29) is 11.3 Å². The Balaban J connectivity index is 3.46. The zero-order valence-corrected chi connectivity index (χ0v) is 9.66. The first-order valence-electron chi connectivity index (χ1n) is 4.59. The monoisotopic (exact) mass is 226 g/mol. The molecule has 1 rings (SSSR count). The van der Waals surface area contributed by atoms with Crippen molar-refractivity contribution in [1.82, 2.24) is 0 Å². The number of hydrogen-bond donors (Lipinski definition) is 1. The molecule has 0 saturated carbocycles. The number of carbonyl (C=O) groups is 1. The molecule has 5 heteroatoms. The first-order chi connectivity index (χ1) is 7.56. The lowest BCUT2D eigenvalue weighted by atomic mass is 10.1. The van der Waals surface area contributed by atoms with E-state index >= 15 is 0 Å². The highest BCUT2D eigenvalue weighted by Gasteiger charge is 2.21. The van der Waals surface area contributed by atoms with Gasteiger partial charge in [-0.1, -0.05) is 0 Å². The van der Waals surface area contributed by atoms with Crippen molar-refractivity contribution in [3.8, 4) is 17.2 Å². The molecule has 0 aliphatic rings. The summed E-state index contributed by atoms with van der Waals surface area (Å²) in [6.45, 7) is 1.65. The molecule has 1 N–H and O–H groups in total. The highest BCUT2D eigenvalue weighted by atomic mass is 16.5. The molecule has 0 fully saturated rings. The van der Waals surface area contributed by atoms with Crippen molar-refractivity contribution in [1.29, 1.82) is 0 Å². The third-order valence-corrected chi connectivity index (χ3v) is 2.28. The number of hydrogen-bond acceptors (Lipinski definition) is 5. The van der Waals surface area contributed by atoms with Crippen LogP contribution in [0.3, 0.4) is 0 Å². The van der Waals surface area contributed by atoms with Crippen molar-refractivity contribution in [2.75, 3.05) is 21.3 Å². The molecular weight excluding hydrogens is 212 g/mol. The minimum Gasteiger partial charge on any atom is -0.507 e. The molecule has 0 atom stereocenters. The zero-order chi connectivity index (χ0) is 12.3. The average molecular weight is 226 g/mol. The number of ether oxygens (including phenoxy) is 3. The number of phenolic OH excluding ortho intramolecular Hbond substituents is 1. The van der Waals surface area contributed by atoms with Crippen molar-refractivity contribution in [2.24, 2.45) is 0 Å². The number of benzene rings is 1. The minimum absolute atomic E-state index is 0.0835. The number of aromatic hydroxyl groups is 1. The van der Waals surface area contributed by atoms with E-state index in [1.807, 2.05) is 0 Å². The number of esters is 1. The maximum absolute atomic E-state index is 11.4. The Bertz CT molecular complexity index is 411. The van der Waals surface area contributed by atoms with E-state index in [4.69, 9.17) is 9.47 Å². The summed E-state index contributed by atoms with van der Waals surface area (Å²) in [5, 5.41) is 9.69. The smallest absolute Gasteiger partial charge is 0.342 e. The molecule has 0 aliphatic heterocycles. The van der Waals surface area contributed by atoms with E-state index in [9.17, 15) is 9.90 Å². The van der Waals surface area contributed by atoms with Crippen LogP contribution in [0.1, 0.15) is 15.9 Å². The lowest BCUT2D eigenvalue weighted by Crippen LogP contribution is -2.06. The summed E-state index contributed by atoms with van der Waals surface area (Å²) >= 11 is 0. The van der Waals surface area contributed by atoms with Crippen molar-refractivity contribution in [2.45, 2.75) is 6.92 Å². The summed E-state index contributed by atoms with van der Waals surface area (Å²) in [5.41, 5.74) is 0.561. The van der Waals surface area contributed by atoms with Crippen molar-refractivity contribution < 1.29 is 24.1 Å². The zero-order valence-electron chi connectivity index (χ0n) is 9.66. The molecule has 0 spiro atoms. The first kappa shape index (κ1) is 12.2. The van der Waals surface area contributed by atoms with Crippen LogP contribution in [0.5, 0.6) is 17.2 Å². The summed E-state index contributed by atoms with van der Waals surface area (Å²) in [7, 11) is 4.16. The standard InChI is InChI=1S/C11H14O5/c1-6-9(11(13)16-4)7(12)5-8(14-2)10(6)15-3/h5,12H,1-4H3. The Hall–Kier alpha value is -1.91. The highest BCUT2D eigenvalue weighted by molar-refractivity contribution is 5.95. The van der Waals surface area contributed by atoms with Crippen LogP contribution in [0.15, 0.2) is 6.07 Å². The summed E-state index contributed by atoms with van der Waals surface area (Å²) in [5.74, 6) is -0.0381. The Morgan fingerprint density at radius 1 is 1.25 bits per heavy atom. The summed E-state index contributed by atoms with van der Waals surface area (Å²) in [6.07, 6.45) is 0. The average Bonchev–Trinajstić information content (AvgIpc) is 2.27. The van der Waals surface area contributed by atoms with E-state index < -0.39 is 5.97 Å². The Kier molecular flexibility index (Phi) is 3.60. The number of carbonyl (C=O) groups excluding carboxylic acids is 1. The van der Waals surface area contributed by atoms with Crippen LogP contribution in [0.25, 0.3) is 0 Å². The second-order valence-electron chi connectivity index (χ2n) is 3.12. The lowest BCUT2D eigenvalue weighted by molar-refractivity contribution is 0.0596. The highest BCUT2D eigenvalue weighted by Crippen LogP contribution is 2.38. The molecule has 0 unspecified atom stereocenters. The molecule has 16 heavy (non-hydrogen) atoms. The molecule has 0 amide bonds. The molecule has 0 heterocycles. The predicted octanol–water partition coefficient (Wildman–Crippen LogP) is 1.50. The second-order valence-corrected chi connectivity index (χ2v) is 3.12. The molecule has 0 aromatic heterocycles. The molecule has 0 radical (unpaired) electrons. The minimum atomic E-state index is -0.615. The topological polar surface area (TPSA) is 65.0 Å². The third-order valence-electron chi connectivity index (χ3n) is 2.28. The van der Waals surface area contributed by atoms with Crippen LogP contribution in [0.2, 0.25) is 0 Å². The van der Waals surface area contributed by atoms with Gasteiger partial charge in [-0.25, -0.2) is 4.79 Å². The molecule has 1 aromatic carbocycles. The van der Waals surface area contributed by atoms with E-state index in [1.165, 1.54) is 27.4 Å². The Labute approximate surface area is 93.6 Å². The SMILES string of the molecule is COC(=O)c1c(O)cc(OC)c(OC)c1C. The number of methoxy groups -OCH3 is 3. The molecular formula is C11H14O5. The molecule has 0 saturated heterocycles. The first-order valence-corrected chi connectivity index (χ1v) is 4.59. The van der Waals surface area contributed by atoms with Gasteiger partial charge in [0.25, 0.3) is 0 Å². The van der Waals surface area contributed by atoms with Gasteiger partial charge in [0, 0.05) is 11.6 Å². The van der Waals surface area contributed by atoms with Gasteiger partial charge >= 0.3 is 5.97 Å². The van der Waals surface area contributed by atoms with E-state index in [1.54, 1.807) is 6.92 Å². The van der Waals surface area contributed by atoms with E-state index in [2.05, 4.69) is 4.74 Å². The van der Waals surface area contributed by atoms with Gasteiger partial charge in [-0.15, -0.1) is 0 Å². The fraction of sp³-hybridized carbons (Fsp3) is 0.364. The fourth-order valence-electron chi connectivity index (χ4n) is 1.52. The van der Waals surface area contributed by atoms with Crippen LogP contribution >= 0.6 is 0 Å². The molecule has 1 aromatic rings. The van der Waals surface area contributed by atoms with Crippen LogP contribution in [-0.2, 0) is 4.74 Å². The summed E-state index contributed by atoms with van der Waals surface area (Å²) in [6, 6.07) is 1.32. The van der Waals surface area contributed by atoms with Crippen LogP contribution < -0.4 is 9.47 Å². The molecule has 88 valence electrons. The van der Waals surface area contributed by atoms with Gasteiger partial charge in [0.1, 0.15) is 11.3 Å². The lowest BCUT2D eigenvalue weighted by Gasteiger charge is -2.14. The van der Waals surface area contributed by atoms with Crippen LogP contribution in [0, 0.1) is 6.92 Å². The fourth-order valence-corrected chi connectivity index (χ4v) is 1.52. The van der Waals surface area contributed by atoms with Gasteiger partial charge in [-0.3, -0.25) is 0 Å². The van der Waals surface area contributed by atoms with Crippen molar-refractivity contribution in [3.63, 3.8) is 0 Å². The third kappa shape index (κ3) is 1.88. The van der Waals surface area contributed by atoms with Crippen LogP contribution in [-0.4, -0.2) is 32.4 Å². The molecule has 5 nitrogen and oxygen atoms in total. The van der Waals surface area contributed by atoms with Gasteiger partial charge in [-0.2, -0.15) is 0 Å². The number of rotatable bonds is 3. The quantitative estimate of drug-likeness (QED) is 0.791. The van der Waals surface area contributed by atoms with E-state index in [0.29, 0.717) is 17.1 Å². The number of phenols is 1. The molecule has 0 bridgehead atoms. The van der Waals surface area contributed by atoms with Crippen LogP contribution in [0.4, 0.5) is 0 Å². The van der Waals surface area contributed by atoms with Gasteiger partial charge in [0.05, 0.1) is 21.3 Å². The van der Waals surface area contributed by atoms with Crippen molar-refractivity contribution in [3.05, 3.63) is 17.2 Å². The van der Waals surface area contributed by atoms with Gasteiger partial charge < -0.3 is 19.3 Å². The van der Waals surface area contributed by atoms with E-state index in [0.717, 1.165) is 0 Å². The maximum atomic E-state index is 11.4. The van der Waals surface area contributed by atoms with Gasteiger partial charge in [0.2, 0.25) is 0 Å². The Morgan fingerprint density at radius 2 is 1.88 bits per heavy atom.